The van der Waals surface area contributed by atoms with Crippen LogP contribution in [0, 0.1) is 0 Å². The molecule has 14 heavy (non-hydrogen) atoms. The molecule has 1 atom stereocenters. The van der Waals surface area contributed by atoms with Crippen LogP contribution in [-0.4, -0.2) is 12.1 Å². The smallest absolute Gasteiger partial charge is 0.546 e. The number of carbonyl (C=O) groups excluding carboxylic acids is 1. The van der Waals surface area contributed by atoms with E-state index < -0.39 is 12.1 Å². The van der Waals surface area contributed by atoms with Gasteiger partial charge >= 0.3 is 29.6 Å². The van der Waals surface area contributed by atoms with Crippen LogP contribution in [0.25, 0.3) is 0 Å². The SMILES string of the molecule is CC[C@@H](Oc1ccccc1)C(=O)[O-].[Na+]. The van der Waals surface area contributed by atoms with Gasteiger partial charge in [-0.3, -0.25) is 0 Å². The van der Waals surface area contributed by atoms with Crippen LogP contribution in [0.2, 0.25) is 0 Å². The molecule has 0 aromatic heterocycles. The summed E-state index contributed by atoms with van der Waals surface area (Å²) in [6.45, 7) is 1.74. The van der Waals surface area contributed by atoms with Crippen LogP contribution in [0.4, 0.5) is 0 Å². The molecule has 0 fully saturated rings. The maximum atomic E-state index is 10.5. The Hall–Kier alpha value is -0.510. The van der Waals surface area contributed by atoms with Crippen molar-refractivity contribution in [1.29, 1.82) is 0 Å². The number of hydrogen-bond acceptors (Lipinski definition) is 3. The monoisotopic (exact) mass is 202 g/mol. The van der Waals surface area contributed by atoms with Crippen LogP contribution in [0.3, 0.4) is 0 Å². The average Bonchev–Trinajstić information content (AvgIpc) is 2.15. The van der Waals surface area contributed by atoms with Gasteiger partial charge in [-0.25, -0.2) is 0 Å². The topological polar surface area (TPSA) is 49.4 Å². The van der Waals surface area contributed by atoms with Crippen molar-refractivity contribution >= 4 is 5.97 Å². The van der Waals surface area contributed by atoms with Gasteiger partial charge in [-0.1, -0.05) is 25.1 Å². The average molecular weight is 202 g/mol. The Morgan fingerprint density at radius 3 is 2.43 bits per heavy atom. The van der Waals surface area contributed by atoms with E-state index in [1.807, 2.05) is 6.07 Å². The van der Waals surface area contributed by atoms with E-state index in [1.54, 1.807) is 31.2 Å². The molecule has 0 saturated carbocycles. The molecule has 0 bridgehead atoms. The minimum atomic E-state index is -1.17. The first-order valence-electron chi connectivity index (χ1n) is 4.16. The van der Waals surface area contributed by atoms with Crippen molar-refractivity contribution in [2.75, 3.05) is 0 Å². The second-order valence-corrected chi connectivity index (χ2v) is 2.65. The van der Waals surface area contributed by atoms with E-state index in [2.05, 4.69) is 0 Å². The normalized spacial score (nSPS) is 11.2. The van der Waals surface area contributed by atoms with Crippen molar-refractivity contribution in [2.24, 2.45) is 0 Å². The van der Waals surface area contributed by atoms with Crippen molar-refractivity contribution in [3.05, 3.63) is 30.3 Å². The summed E-state index contributed by atoms with van der Waals surface area (Å²) in [4.78, 5) is 10.5. The number of benzene rings is 1. The van der Waals surface area contributed by atoms with Crippen LogP contribution in [-0.2, 0) is 4.79 Å². The summed E-state index contributed by atoms with van der Waals surface area (Å²) in [5, 5.41) is 10.5. The van der Waals surface area contributed by atoms with Gasteiger partial charge in [0.05, 0.1) is 5.97 Å². The van der Waals surface area contributed by atoms with E-state index in [9.17, 15) is 9.90 Å². The van der Waals surface area contributed by atoms with Gasteiger partial charge in [-0.2, -0.15) is 0 Å². The third kappa shape index (κ3) is 4.13. The Kier molecular flexibility index (Phi) is 6.62. The number of rotatable bonds is 4. The first-order valence-corrected chi connectivity index (χ1v) is 4.16. The summed E-state index contributed by atoms with van der Waals surface area (Å²) in [5.74, 6) is -0.620. The summed E-state index contributed by atoms with van der Waals surface area (Å²) in [7, 11) is 0. The first-order chi connectivity index (χ1) is 6.24. The zero-order chi connectivity index (χ0) is 9.68. The Bertz CT molecular complexity index is 274. The van der Waals surface area contributed by atoms with E-state index in [1.165, 1.54) is 0 Å². The van der Waals surface area contributed by atoms with Crippen LogP contribution < -0.4 is 39.4 Å². The fourth-order valence-corrected chi connectivity index (χ4v) is 0.961. The summed E-state index contributed by atoms with van der Waals surface area (Å²) < 4.78 is 5.16. The molecule has 1 aromatic carbocycles. The van der Waals surface area contributed by atoms with Gasteiger partial charge in [0.2, 0.25) is 0 Å². The number of carbonyl (C=O) groups is 1. The van der Waals surface area contributed by atoms with Gasteiger partial charge < -0.3 is 14.6 Å². The molecule has 0 aliphatic rings. The molecule has 70 valence electrons. The Morgan fingerprint density at radius 1 is 1.43 bits per heavy atom. The number of aliphatic carboxylic acids is 1. The minimum absolute atomic E-state index is 0. The van der Waals surface area contributed by atoms with Crippen molar-refractivity contribution in [2.45, 2.75) is 19.4 Å². The number of hydrogen-bond donors (Lipinski definition) is 0. The van der Waals surface area contributed by atoms with Crippen molar-refractivity contribution in [3.8, 4) is 5.75 Å². The van der Waals surface area contributed by atoms with E-state index in [-0.39, 0.29) is 29.6 Å². The van der Waals surface area contributed by atoms with Crippen molar-refractivity contribution in [3.63, 3.8) is 0 Å². The molecule has 0 spiro atoms. The van der Waals surface area contributed by atoms with Crippen molar-refractivity contribution < 1.29 is 44.2 Å². The largest absolute Gasteiger partial charge is 1.00 e. The summed E-state index contributed by atoms with van der Waals surface area (Å²) in [6, 6.07) is 8.85. The van der Waals surface area contributed by atoms with Gasteiger partial charge in [0.1, 0.15) is 11.9 Å². The molecule has 0 heterocycles. The van der Waals surface area contributed by atoms with Crippen LogP contribution in [0.5, 0.6) is 5.75 Å². The van der Waals surface area contributed by atoms with E-state index in [0.717, 1.165) is 0 Å². The molecule has 3 nitrogen and oxygen atoms in total. The van der Waals surface area contributed by atoms with Gasteiger partial charge in [-0.15, -0.1) is 0 Å². The quantitative estimate of drug-likeness (QED) is 0.511. The first kappa shape index (κ1) is 13.5. The molecule has 1 aromatic rings. The maximum Gasteiger partial charge on any atom is 1.00 e. The Morgan fingerprint density at radius 2 is 2.00 bits per heavy atom. The second kappa shape index (κ2) is 6.87. The van der Waals surface area contributed by atoms with Crippen LogP contribution in [0.15, 0.2) is 30.3 Å². The number of para-hydroxylation sites is 1. The minimum Gasteiger partial charge on any atom is -0.546 e. The van der Waals surface area contributed by atoms with Gasteiger partial charge in [0, 0.05) is 0 Å². The molecule has 0 unspecified atom stereocenters. The number of ether oxygens (including phenoxy) is 1. The Labute approximate surface area is 105 Å². The predicted octanol–water partition coefficient (Wildman–Crippen LogP) is -2.40. The zero-order valence-electron chi connectivity index (χ0n) is 8.40. The predicted molar refractivity (Wildman–Crippen MR) is 46.2 cm³/mol. The zero-order valence-corrected chi connectivity index (χ0v) is 10.4. The standard InChI is InChI=1S/C10H12O3.Na/c1-2-9(10(11)12)13-8-6-4-3-5-7-8;/h3-7,9H,2H2,1H3,(H,11,12);/q;+1/p-1/t9-;/m1./s1. The summed E-state index contributed by atoms with van der Waals surface area (Å²) >= 11 is 0. The summed E-state index contributed by atoms with van der Waals surface area (Å²) in [5.41, 5.74) is 0. The molecule has 0 aliphatic heterocycles. The molecule has 0 saturated heterocycles. The molecule has 4 heteroatoms. The molecular weight excluding hydrogens is 191 g/mol. The second-order valence-electron chi connectivity index (χ2n) is 2.65. The van der Waals surface area contributed by atoms with Gasteiger partial charge in [0.25, 0.3) is 0 Å². The van der Waals surface area contributed by atoms with Gasteiger partial charge in [-0.05, 0) is 18.6 Å². The maximum absolute atomic E-state index is 10.5. The molecule has 0 N–H and O–H groups in total. The number of carboxylic acids is 1. The van der Waals surface area contributed by atoms with E-state index in [0.29, 0.717) is 12.2 Å². The van der Waals surface area contributed by atoms with E-state index in [4.69, 9.17) is 4.74 Å². The Balaban J connectivity index is 0.00000169. The molecule has 0 amide bonds. The third-order valence-electron chi connectivity index (χ3n) is 1.66. The molecule has 0 aliphatic carbocycles. The molecular formula is C10H11NaO3. The molecule has 1 rings (SSSR count). The van der Waals surface area contributed by atoms with Crippen LogP contribution >= 0.6 is 0 Å². The summed E-state index contributed by atoms with van der Waals surface area (Å²) in [6.07, 6.45) is -0.459. The van der Waals surface area contributed by atoms with Gasteiger partial charge in [0.15, 0.2) is 0 Å². The number of carboxylic acid groups (broad SMARTS) is 1. The molecule has 0 radical (unpaired) electrons. The van der Waals surface area contributed by atoms with Crippen molar-refractivity contribution in [1.82, 2.24) is 0 Å². The fourth-order valence-electron chi connectivity index (χ4n) is 0.961. The van der Waals surface area contributed by atoms with Crippen LogP contribution in [0.1, 0.15) is 13.3 Å². The fraction of sp³-hybridized carbons (Fsp3) is 0.300. The van der Waals surface area contributed by atoms with E-state index >= 15 is 0 Å². The third-order valence-corrected chi connectivity index (χ3v) is 1.66.